The van der Waals surface area contributed by atoms with Crippen LogP contribution in [0.15, 0.2) is 30.3 Å². The van der Waals surface area contributed by atoms with Gasteiger partial charge >= 0.3 is 5.97 Å². The van der Waals surface area contributed by atoms with Gasteiger partial charge in [0.2, 0.25) is 17.7 Å². The summed E-state index contributed by atoms with van der Waals surface area (Å²) in [5.74, 6) is -2.72. The number of carboxylic acids is 1. The average Bonchev–Trinajstić information content (AvgIpc) is 2.61. The highest BCUT2D eigenvalue weighted by Gasteiger charge is 2.26. The van der Waals surface area contributed by atoms with E-state index in [2.05, 4.69) is 16.0 Å². The molecular weight excluding hydrogens is 338 g/mol. The zero-order valence-corrected chi connectivity index (χ0v) is 15.0. The fourth-order valence-electron chi connectivity index (χ4n) is 2.30. The number of rotatable bonds is 10. The third kappa shape index (κ3) is 7.78. The van der Waals surface area contributed by atoms with Gasteiger partial charge in [0.25, 0.3) is 0 Å². The highest BCUT2D eigenvalue weighted by Crippen LogP contribution is 2.22. The number of benzene rings is 1. The summed E-state index contributed by atoms with van der Waals surface area (Å²) < 4.78 is 0. The molecule has 0 saturated heterocycles. The number of hydrogen-bond acceptors (Lipinski definition) is 4. The van der Waals surface area contributed by atoms with Crippen molar-refractivity contribution in [1.29, 1.82) is 0 Å². The van der Waals surface area contributed by atoms with E-state index in [1.54, 1.807) is 30.3 Å². The lowest BCUT2D eigenvalue weighted by molar-refractivity contribution is -0.142. The number of carbonyl (C=O) groups is 4. The van der Waals surface area contributed by atoms with E-state index in [-0.39, 0.29) is 31.2 Å². The Labute approximate surface area is 152 Å². The summed E-state index contributed by atoms with van der Waals surface area (Å²) >= 11 is 0. The number of carboxylic acid groups (broad SMARTS) is 1. The van der Waals surface area contributed by atoms with Crippen molar-refractivity contribution in [2.45, 2.75) is 32.7 Å². The Bertz CT molecular complexity index is 633. The zero-order valence-electron chi connectivity index (χ0n) is 15.0. The molecule has 26 heavy (non-hydrogen) atoms. The minimum Gasteiger partial charge on any atom is -0.481 e. The number of hydrogen-bond donors (Lipinski definition) is 4. The van der Waals surface area contributed by atoms with Gasteiger partial charge < -0.3 is 21.1 Å². The molecule has 0 spiro atoms. The molecule has 0 radical (unpaired) electrons. The van der Waals surface area contributed by atoms with Crippen molar-refractivity contribution in [2.24, 2.45) is 5.92 Å². The van der Waals surface area contributed by atoms with Gasteiger partial charge in [-0.2, -0.15) is 0 Å². The molecule has 2 atom stereocenters. The largest absolute Gasteiger partial charge is 0.481 e. The first kappa shape index (κ1) is 21.1. The second-order valence-corrected chi connectivity index (χ2v) is 5.92. The number of nitrogens with one attached hydrogen (secondary N) is 3. The number of amides is 3. The van der Waals surface area contributed by atoms with Crippen LogP contribution in [-0.2, 0) is 19.2 Å². The molecule has 0 aliphatic heterocycles. The summed E-state index contributed by atoms with van der Waals surface area (Å²) in [7, 11) is 0. The van der Waals surface area contributed by atoms with Crippen LogP contribution in [0.4, 0.5) is 0 Å². The first-order chi connectivity index (χ1) is 12.3. The third-order valence-corrected chi connectivity index (χ3v) is 3.76. The first-order valence-corrected chi connectivity index (χ1v) is 8.39. The van der Waals surface area contributed by atoms with Gasteiger partial charge in [-0.15, -0.1) is 0 Å². The summed E-state index contributed by atoms with van der Waals surface area (Å²) in [4.78, 5) is 45.8. The lowest BCUT2D eigenvalue weighted by Crippen LogP contribution is -2.37. The van der Waals surface area contributed by atoms with Crippen LogP contribution in [0.5, 0.6) is 0 Å². The Balaban J connectivity index is 2.50. The molecule has 8 nitrogen and oxygen atoms in total. The van der Waals surface area contributed by atoms with Crippen LogP contribution < -0.4 is 16.0 Å². The molecule has 0 aliphatic carbocycles. The van der Waals surface area contributed by atoms with Crippen LogP contribution >= 0.6 is 0 Å². The lowest BCUT2D eigenvalue weighted by Gasteiger charge is -2.23. The summed E-state index contributed by atoms with van der Waals surface area (Å²) in [6.45, 7) is 3.50. The van der Waals surface area contributed by atoms with Crippen molar-refractivity contribution < 1.29 is 24.3 Å². The van der Waals surface area contributed by atoms with E-state index in [1.807, 2.05) is 0 Å². The molecule has 142 valence electrons. The van der Waals surface area contributed by atoms with Gasteiger partial charge in [-0.25, -0.2) is 0 Å². The standard InChI is InChI=1S/C18H25N3O5/c1-12(18(25)26)17(14-6-4-3-5-7-14)21-16(24)9-8-15(23)20-11-10-19-13(2)22/h3-7,12,17H,8-11H2,1-2H3,(H,19,22)(H,20,23)(H,21,24)(H,25,26). The second-order valence-electron chi connectivity index (χ2n) is 5.92. The SMILES string of the molecule is CC(=O)NCCNC(=O)CCC(=O)NC(c1ccccc1)C(C)C(=O)O. The Morgan fingerprint density at radius 1 is 0.962 bits per heavy atom. The summed E-state index contributed by atoms with van der Waals surface area (Å²) in [5, 5.41) is 17.1. The topological polar surface area (TPSA) is 125 Å². The van der Waals surface area contributed by atoms with Gasteiger partial charge in [0, 0.05) is 32.9 Å². The molecule has 0 aliphatic rings. The fraction of sp³-hybridized carbons (Fsp3) is 0.444. The van der Waals surface area contributed by atoms with Crippen LogP contribution in [0.25, 0.3) is 0 Å². The van der Waals surface area contributed by atoms with Crippen molar-refractivity contribution >= 4 is 23.7 Å². The highest BCUT2D eigenvalue weighted by molar-refractivity contribution is 5.84. The van der Waals surface area contributed by atoms with Gasteiger partial charge in [-0.3, -0.25) is 19.2 Å². The molecule has 0 aromatic heterocycles. The Hall–Kier alpha value is -2.90. The molecule has 1 rings (SSSR count). The van der Waals surface area contributed by atoms with Crippen LogP contribution in [0.3, 0.4) is 0 Å². The van der Waals surface area contributed by atoms with Gasteiger partial charge in [-0.1, -0.05) is 30.3 Å². The Morgan fingerprint density at radius 2 is 1.54 bits per heavy atom. The van der Waals surface area contributed by atoms with Gasteiger partial charge in [0.05, 0.1) is 12.0 Å². The highest BCUT2D eigenvalue weighted by atomic mass is 16.4. The summed E-state index contributed by atoms with van der Waals surface area (Å²) in [6, 6.07) is 8.16. The van der Waals surface area contributed by atoms with E-state index in [1.165, 1.54) is 13.8 Å². The lowest BCUT2D eigenvalue weighted by atomic mass is 9.94. The van der Waals surface area contributed by atoms with Crippen molar-refractivity contribution in [3.8, 4) is 0 Å². The van der Waals surface area contributed by atoms with Crippen molar-refractivity contribution in [3.63, 3.8) is 0 Å². The van der Waals surface area contributed by atoms with Crippen molar-refractivity contribution in [3.05, 3.63) is 35.9 Å². The monoisotopic (exact) mass is 363 g/mol. The molecule has 8 heteroatoms. The molecule has 4 N–H and O–H groups in total. The molecule has 0 fully saturated rings. The maximum Gasteiger partial charge on any atom is 0.308 e. The normalized spacial score (nSPS) is 12.5. The smallest absolute Gasteiger partial charge is 0.308 e. The fourth-order valence-corrected chi connectivity index (χ4v) is 2.30. The van der Waals surface area contributed by atoms with E-state index in [0.717, 1.165) is 0 Å². The van der Waals surface area contributed by atoms with Crippen molar-refractivity contribution in [1.82, 2.24) is 16.0 Å². The summed E-state index contributed by atoms with van der Waals surface area (Å²) in [6.07, 6.45) is -0.0729. The van der Waals surface area contributed by atoms with Crippen LogP contribution in [0.1, 0.15) is 38.3 Å². The third-order valence-electron chi connectivity index (χ3n) is 3.76. The van der Waals surface area contributed by atoms with Crippen LogP contribution in [0, 0.1) is 5.92 Å². The molecule has 1 aromatic rings. The molecule has 0 saturated carbocycles. The minimum absolute atomic E-state index is 0.0190. The van der Waals surface area contributed by atoms with Gasteiger partial charge in [0.1, 0.15) is 0 Å². The maximum atomic E-state index is 12.1. The van der Waals surface area contributed by atoms with Gasteiger partial charge in [0.15, 0.2) is 0 Å². The average molecular weight is 363 g/mol. The number of aliphatic carboxylic acids is 1. The van der Waals surface area contributed by atoms with E-state index in [4.69, 9.17) is 0 Å². The number of carbonyl (C=O) groups excluding carboxylic acids is 3. The molecule has 0 heterocycles. The molecular formula is C18H25N3O5. The predicted octanol–water partition coefficient (Wildman–Crippen LogP) is 0.597. The molecule has 0 bridgehead atoms. The van der Waals surface area contributed by atoms with E-state index >= 15 is 0 Å². The van der Waals surface area contributed by atoms with Gasteiger partial charge in [-0.05, 0) is 12.5 Å². The van der Waals surface area contributed by atoms with E-state index in [9.17, 15) is 24.3 Å². The molecule has 1 aromatic carbocycles. The zero-order chi connectivity index (χ0) is 19.5. The van der Waals surface area contributed by atoms with Crippen LogP contribution in [-0.4, -0.2) is 41.9 Å². The Morgan fingerprint density at radius 3 is 2.12 bits per heavy atom. The molecule has 3 amide bonds. The predicted molar refractivity (Wildman–Crippen MR) is 95.1 cm³/mol. The minimum atomic E-state index is -1.02. The summed E-state index contributed by atoms with van der Waals surface area (Å²) in [5.41, 5.74) is 0.690. The van der Waals surface area contributed by atoms with Crippen molar-refractivity contribution in [2.75, 3.05) is 13.1 Å². The van der Waals surface area contributed by atoms with E-state index in [0.29, 0.717) is 12.1 Å². The second kappa shape index (κ2) is 10.9. The first-order valence-electron chi connectivity index (χ1n) is 8.39. The van der Waals surface area contributed by atoms with Crippen LogP contribution in [0.2, 0.25) is 0 Å². The maximum absolute atomic E-state index is 12.1. The Kier molecular flexibility index (Phi) is 8.83. The quantitative estimate of drug-likeness (QED) is 0.453. The van der Waals surface area contributed by atoms with E-state index < -0.39 is 23.8 Å². The molecule has 2 unspecified atom stereocenters.